The molecule has 11 unspecified atom stereocenters. The summed E-state index contributed by atoms with van der Waals surface area (Å²) < 4.78 is 0. The number of aromatic amines is 1. The largest absolute Gasteiger partial charge is 0.478 e. The van der Waals surface area contributed by atoms with Crippen molar-refractivity contribution >= 4 is 41.1 Å². The Morgan fingerprint density at radius 3 is 2.56 bits per heavy atom. The number of aliphatic imine (C=N–C) groups is 1. The van der Waals surface area contributed by atoms with Crippen molar-refractivity contribution in [2.24, 2.45) is 40.1 Å². The van der Waals surface area contributed by atoms with Crippen LogP contribution in [-0.2, 0) is 27.2 Å². The van der Waals surface area contributed by atoms with Gasteiger partial charge in [0.25, 0.3) is 0 Å². The zero-order valence-electron chi connectivity index (χ0n) is 36.0. The third-order valence-corrected chi connectivity index (χ3v) is 14.5. The number of aromatic nitrogens is 1. The number of fused-ring (bicyclic) bond motifs is 5. The van der Waals surface area contributed by atoms with Gasteiger partial charge in [0.05, 0.1) is 23.7 Å². The van der Waals surface area contributed by atoms with Crippen molar-refractivity contribution in [3.63, 3.8) is 0 Å². The maximum absolute atomic E-state index is 12.8. The number of nitrogens with one attached hydrogen (secondary N) is 3. The first-order chi connectivity index (χ1) is 30.4. The minimum absolute atomic E-state index is 0.00677. The van der Waals surface area contributed by atoms with E-state index in [-0.39, 0.29) is 54.6 Å². The molecule has 2 heterocycles. The molecule has 0 spiro atoms. The number of hydrogen-bond donors (Lipinski definition) is 10. The van der Waals surface area contributed by atoms with Crippen LogP contribution in [0.4, 0.5) is 5.82 Å². The van der Waals surface area contributed by atoms with Crippen LogP contribution in [0.15, 0.2) is 77.5 Å². The number of guanidine groups is 1. The number of nitrogens with two attached hydrogens (primary N) is 2. The quantitative estimate of drug-likeness (QED) is 0.0383. The van der Waals surface area contributed by atoms with Gasteiger partial charge in [-0.05, 0) is 139 Å². The van der Waals surface area contributed by atoms with Crippen molar-refractivity contribution < 1.29 is 39.9 Å². The molecular weight excluding hydrogens is 801 g/mol. The van der Waals surface area contributed by atoms with E-state index in [9.17, 15) is 39.9 Å². The van der Waals surface area contributed by atoms with E-state index in [1.165, 1.54) is 17.2 Å². The maximum Gasteiger partial charge on any atom is 0.328 e. The van der Waals surface area contributed by atoms with Crippen molar-refractivity contribution in [2.75, 3.05) is 11.9 Å². The Morgan fingerprint density at radius 2 is 1.84 bits per heavy atom. The Kier molecular flexibility index (Phi) is 15.2. The van der Waals surface area contributed by atoms with E-state index in [1.807, 2.05) is 18.2 Å². The lowest BCUT2D eigenvalue weighted by atomic mass is 9.58. The van der Waals surface area contributed by atoms with Crippen molar-refractivity contribution in [1.82, 2.24) is 10.3 Å². The predicted molar refractivity (Wildman–Crippen MR) is 243 cm³/mol. The number of aldehydes is 2. The topological polar surface area (TPSA) is 257 Å². The molecule has 0 saturated heterocycles. The van der Waals surface area contributed by atoms with E-state index in [1.54, 1.807) is 6.20 Å². The summed E-state index contributed by atoms with van der Waals surface area (Å²) in [7, 11) is 0. The van der Waals surface area contributed by atoms with Crippen LogP contribution in [0.1, 0.15) is 99.7 Å². The third kappa shape index (κ3) is 10.9. The minimum atomic E-state index is -1.44. The predicted octanol–water partition coefficient (Wildman–Crippen LogP) is 4.40. The Hall–Kier alpha value is -4.86. The van der Waals surface area contributed by atoms with Gasteiger partial charge < -0.3 is 62.2 Å². The Morgan fingerprint density at radius 1 is 1.03 bits per heavy atom. The zero-order chi connectivity index (χ0) is 44.7. The Labute approximate surface area is 369 Å². The number of aliphatic carboxylic acids is 1. The number of benzene rings is 2. The lowest BCUT2D eigenvalue weighted by Gasteiger charge is -2.47. The van der Waals surface area contributed by atoms with Gasteiger partial charge in [-0.1, -0.05) is 55.3 Å². The highest BCUT2D eigenvalue weighted by Crippen LogP contribution is 2.53. The first-order valence-electron chi connectivity index (χ1n) is 22.9. The van der Waals surface area contributed by atoms with E-state index in [4.69, 9.17) is 16.5 Å². The number of carboxylic acid groups (broad SMARTS) is 1. The van der Waals surface area contributed by atoms with Gasteiger partial charge in [-0.25, -0.2) is 9.79 Å². The number of aliphatic hydroxyl groups excluding tert-OH is 3. The molecule has 14 nitrogen and oxygen atoms in total. The normalized spacial score (nSPS) is 26.4. The van der Waals surface area contributed by atoms with Gasteiger partial charge >= 0.3 is 5.97 Å². The number of carboxylic acids is 1. The number of carbonyl (C=O) groups is 3. The van der Waals surface area contributed by atoms with Crippen molar-refractivity contribution in [3.05, 3.63) is 89.2 Å². The van der Waals surface area contributed by atoms with Crippen molar-refractivity contribution in [2.45, 2.75) is 138 Å². The Bertz CT molecular complexity index is 2130. The van der Waals surface area contributed by atoms with Crippen LogP contribution >= 0.6 is 0 Å². The fourth-order valence-corrected chi connectivity index (χ4v) is 11.1. The van der Waals surface area contributed by atoms with Crippen LogP contribution in [0.5, 0.6) is 0 Å². The first kappa shape index (κ1) is 46.1. The molecule has 1 aromatic heterocycles. The monoisotopic (exact) mass is 866 g/mol. The summed E-state index contributed by atoms with van der Waals surface area (Å²) in [4.78, 5) is 44.0. The molecule has 1 fully saturated rings. The molecule has 2 aromatic carbocycles. The molecule has 0 radical (unpaired) electrons. The first-order valence-corrected chi connectivity index (χ1v) is 22.9. The summed E-state index contributed by atoms with van der Waals surface area (Å²) in [5.41, 5.74) is 15.6. The molecule has 7 rings (SSSR count). The Balaban J connectivity index is 1.23. The number of anilines is 1. The number of hydrogen-bond acceptors (Lipinski definition) is 12. The van der Waals surface area contributed by atoms with E-state index >= 15 is 0 Å². The number of aliphatic hydroxyl groups is 4. The summed E-state index contributed by atoms with van der Waals surface area (Å²) in [5.74, 6) is -0.313. The number of carbonyl (C=O) groups excluding carboxylic acids is 2. The van der Waals surface area contributed by atoms with Gasteiger partial charge in [0.15, 0.2) is 5.96 Å². The van der Waals surface area contributed by atoms with Crippen molar-refractivity contribution in [1.29, 1.82) is 0 Å². The molecule has 3 aliphatic carbocycles. The van der Waals surface area contributed by atoms with Crippen molar-refractivity contribution in [3.8, 4) is 0 Å². The summed E-state index contributed by atoms with van der Waals surface area (Å²) >= 11 is 0. The van der Waals surface area contributed by atoms with Crippen LogP contribution in [0.25, 0.3) is 10.8 Å². The van der Waals surface area contributed by atoms with E-state index in [0.29, 0.717) is 62.8 Å². The van der Waals surface area contributed by atoms with E-state index in [0.717, 1.165) is 61.0 Å². The lowest BCUT2D eigenvalue weighted by Crippen LogP contribution is -2.60. The number of rotatable bonds is 22. The van der Waals surface area contributed by atoms with Gasteiger partial charge in [0.2, 0.25) is 0 Å². The molecule has 1 saturated carbocycles. The van der Waals surface area contributed by atoms with E-state index < -0.39 is 41.9 Å². The highest BCUT2D eigenvalue weighted by atomic mass is 16.4. The van der Waals surface area contributed by atoms with Crippen LogP contribution < -0.4 is 22.1 Å². The molecule has 2 bridgehead atoms. The lowest BCUT2D eigenvalue weighted by molar-refractivity contribution is -0.131. The van der Waals surface area contributed by atoms with E-state index in [2.05, 4.69) is 52.0 Å². The minimum Gasteiger partial charge on any atom is -0.478 e. The van der Waals surface area contributed by atoms with Gasteiger partial charge in [-0.2, -0.15) is 0 Å². The number of allylic oxidation sites excluding steroid dienone is 2. The summed E-state index contributed by atoms with van der Waals surface area (Å²) in [6.07, 6.45) is 14.8. The van der Waals surface area contributed by atoms with Gasteiger partial charge in [0.1, 0.15) is 30.6 Å². The van der Waals surface area contributed by atoms with Crippen LogP contribution in [0.2, 0.25) is 0 Å². The molecule has 0 amide bonds. The summed E-state index contributed by atoms with van der Waals surface area (Å²) in [6.45, 7) is 0.0518. The second-order valence-corrected chi connectivity index (χ2v) is 18.6. The molecule has 3 aromatic rings. The van der Waals surface area contributed by atoms with Gasteiger partial charge in [-0.3, -0.25) is 0 Å². The molecule has 4 aliphatic rings. The molecule has 340 valence electrons. The highest BCUT2D eigenvalue weighted by molar-refractivity contribution is 5.86. The third-order valence-electron chi connectivity index (χ3n) is 14.5. The second kappa shape index (κ2) is 20.8. The molecule has 12 N–H and O–H groups in total. The molecule has 14 heteroatoms. The van der Waals surface area contributed by atoms with Gasteiger partial charge in [0, 0.05) is 37.3 Å². The average Bonchev–Trinajstić information content (AvgIpc) is 3.96. The molecule has 11 atom stereocenters. The number of H-pyrrole nitrogens is 1. The highest BCUT2D eigenvalue weighted by Gasteiger charge is 2.47. The zero-order valence-corrected chi connectivity index (χ0v) is 36.0. The van der Waals surface area contributed by atoms with Crippen LogP contribution in [0.3, 0.4) is 0 Å². The molecule has 1 aliphatic heterocycles. The fraction of sp³-hybridized carbons (Fsp3) is 0.551. The standard InChI is InChI=1S/C49H66N6O8/c50-36(13-8-30(28-58)5-4-19-56)14-12-31-10-11-33-23-35-22-32-9-7-29(15-20-57)21-34(32)24-37(35)45(31)38(33)25-40(53-43-6-3-18-52-43)39(26-44(59)60)41-27-42(55-48(51)54-41)46(61)47(62)49(63)16-1-2-17-49/h3,6-7,9-11,18,20-22,24,26,28,30-31,33,36,38,40-42,45-47,52-53,56,61-63H,1-2,4-5,8,12-17,19,23,25,27,50H2,(H,59,60)(H3,51,54,55). The summed E-state index contributed by atoms with van der Waals surface area (Å²) in [5, 5.41) is 62.5. The smallest absolute Gasteiger partial charge is 0.328 e. The van der Waals surface area contributed by atoms with Crippen LogP contribution in [-0.4, -0.2) is 104 Å². The molecular formula is C49H66N6O8. The maximum atomic E-state index is 12.8. The average molecular weight is 867 g/mol. The van der Waals surface area contributed by atoms with Crippen LogP contribution in [0, 0.1) is 23.7 Å². The molecule has 63 heavy (non-hydrogen) atoms. The SMILES string of the molecule is NC1=NC(C(=CC(=O)O)C(CC2C3C=CC(CCC(N)CCC(C=O)CCCO)C2c2cc4cc(CC=O)ccc4cc2C3)Nc2ccc[nH]2)CC(C(O)C(O)C2(O)CCCC2)N1. The van der Waals surface area contributed by atoms with Gasteiger partial charge in [-0.15, -0.1) is 0 Å². The fourth-order valence-electron chi connectivity index (χ4n) is 11.1. The second-order valence-electron chi connectivity index (χ2n) is 18.6. The number of nitrogens with zero attached hydrogens (tertiary/aromatic N) is 1. The summed E-state index contributed by atoms with van der Waals surface area (Å²) in [6, 6.07) is 12.2.